The minimum Gasteiger partial charge on any atom is -0.392 e. The molecule has 11 heavy (non-hydrogen) atoms. The average Bonchev–Trinajstić information content (AvgIpc) is 2.30. The van der Waals surface area contributed by atoms with Gasteiger partial charge >= 0.3 is 11.9 Å². The summed E-state index contributed by atoms with van der Waals surface area (Å²) < 4.78 is 4.48. The fourth-order valence-corrected chi connectivity index (χ4v) is 1.58. The van der Waals surface area contributed by atoms with Gasteiger partial charge in [-0.15, -0.1) is 0 Å². The predicted molar refractivity (Wildman–Crippen MR) is 36.5 cm³/mol. The largest absolute Gasteiger partial charge is 0.392 e. The third kappa shape index (κ3) is 0.878. The van der Waals surface area contributed by atoms with Gasteiger partial charge in [0, 0.05) is 0 Å². The summed E-state index contributed by atoms with van der Waals surface area (Å²) in [5.74, 6) is -1.19. The molecule has 0 radical (unpaired) electrons. The van der Waals surface area contributed by atoms with Crippen molar-refractivity contribution in [1.29, 1.82) is 0 Å². The molecule has 0 N–H and O–H groups in total. The molecule has 0 spiro atoms. The second kappa shape index (κ2) is 2.19. The quantitative estimate of drug-likeness (QED) is 0.291. The molecule has 1 saturated heterocycles. The summed E-state index contributed by atoms with van der Waals surface area (Å²) in [7, 11) is 0. The number of cyclic esters (lactones) is 2. The van der Waals surface area contributed by atoms with Gasteiger partial charge in [-0.1, -0.05) is 12.2 Å². The van der Waals surface area contributed by atoms with Crippen molar-refractivity contribution in [1.82, 2.24) is 0 Å². The molecule has 58 valence electrons. The molecule has 0 saturated carbocycles. The Labute approximate surface area is 64.0 Å². The first-order valence-corrected chi connectivity index (χ1v) is 3.71. The van der Waals surface area contributed by atoms with Crippen LogP contribution in [0.25, 0.3) is 0 Å². The molecule has 0 bridgehead atoms. The molecule has 1 heterocycles. The fourth-order valence-electron chi connectivity index (χ4n) is 1.58. The van der Waals surface area contributed by atoms with Crippen LogP contribution in [0.1, 0.15) is 12.8 Å². The van der Waals surface area contributed by atoms with E-state index in [1.165, 1.54) is 0 Å². The Morgan fingerprint density at radius 1 is 1.36 bits per heavy atom. The molecule has 1 fully saturated rings. The van der Waals surface area contributed by atoms with Crippen molar-refractivity contribution in [3.8, 4) is 0 Å². The standard InChI is InChI=1S/C8H8O3/c9-7-5-3-1-2-4-6(5)8(10)11-7/h1,3,5-6H,2,4H2/t5-,6-/m1/s1. The van der Waals surface area contributed by atoms with Crippen LogP contribution in [0.4, 0.5) is 0 Å². The maximum absolute atomic E-state index is 10.9. The van der Waals surface area contributed by atoms with Crippen molar-refractivity contribution in [3.63, 3.8) is 0 Å². The highest BCUT2D eigenvalue weighted by Crippen LogP contribution is 2.32. The molecular weight excluding hydrogens is 144 g/mol. The van der Waals surface area contributed by atoms with Crippen molar-refractivity contribution in [2.45, 2.75) is 12.8 Å². The van der Waals surface area contributed by atoms with Crippen molar-refractivity contribution in [3.05, 3.63) is 12.2 Å². The van der Waals surface area contributed by atoms with E-state index in [1.54, 1.807) is 6.08 Å². The Hall–Kier alpha value is -1.12. The molecule has 1 aliphatic carbocycles. The molecule has 0 amide bonds. The van der Waals surface area contributed by atoms with E-state index >= 15 is 0 Å². The smallest absolute Gasteiger partial charge is 0.321 e. The Kier molecular flexibility index (Phi) is 1.31. The summed E-state index contributed by atoms with van der Waals surface area (Å²) >= 11 is 0. The Morgan fingerprint density at radius 3 is 2.91 bits per heavy atom. The van der Waals surface area contributed by atoms with E-state index in [0.29, 0.717) is 0 Å². The van der Waals surface area contributed by atoms with Crippen LogP contribution in [0.3, 0.4) is 0 Å². The van der Waals surface area contributed by atoms with Gasteiger partial charge in [0.2, 0.25) is 0 Å². The minimum atomic E-state index is -0.379. The molecule has 3 nitrogen and oxygen atoms in total. The molecule has 1 aliphatic heterocycles. The van der Waals surface area contributed by atoms with E-state index in [0.717, 1.165) is 12.8 Å². The van der Waals surface area contributed by atoms with E-state index in [1.807, 2.05) is 6.08 Å². The normalized spacial score (nSPS) is 35.3. The van der Waals surface area contributed by atoms with Crippen LogP contribution < -0.4 is 0 Å². The lowest BCUT2D eigenvalue weighted by Gasteiger charge is -2.12. The van der Waals surface area contributed by atoms with Gasteiger partial charge in [0.15, 0.2) is 0 Å². The van der Waals surface area contributed by atoms with Crippen molar-refractivity contribution < 1.29 is 14.3 Å². The lowest BCUT2D eigenvalue weighted by molar-refractivity contribution is -0.153. The zero-order valence-corrected chi connectivity index (χ0v) is 5.95. The summed E-state index contributed by atoms with van der Waals surface area (Å²) in [6, 6.07) is 0. The summed E-state index contributed by atoms with van der Waals surface area (Å²) in [5.41, 5.74) is 0. The van der Waals surface area contributed by atoms with Gasteiger partial charge in [-0.3, -0.25) is 9.59 Å². The van der Waals surface area contributed by atoms with E-state index in [2.05, 4.69) is 4.74 Å². The molecule has 0 aromatic heterocycles. The van der Waals surface area contributed by atoms with Gasteiger partial charge in [-0.2, -0.15) is 0 Å². The Balaban J connectivity index is 2.30. The Bertz CT molecular complexity index is 242. The summed E-state index contributed by atoms with van der Waals surface area (Å²) in [4.78, 5) is 21.9. The number of hydrogen-bond donors (Lipinski definition) is 0. The molecular formula is C8H8O3. The Morgan fingerprint density at radius 2 is 2.18 bits per heavy atom. The van der Waals surface area contributed by atoms with Crippen LogP contribution in [0.5, 0.6) is 0 Å². The molecule has 0 aromatic rings. The number of rotatable bonds is 0. The van der Waals surface area contributed by atoms with Crippen LogP contribution in [-0.4, -0.2) is 11.9 Å². The first-order valence-electron chi connectivity index (χ1n) is 3.71. The van der Waals surface area contributed by atoms with E-state index < -0.39 is 0 Å². The van der Waals surface area contributed by atoms with Crippen LogP contribution in [0.15, 0.2) is 12.2 Å². The van der Waals surface area contributed by atoms with Crippen LogP contribution >= 0.6 is 0 Å². The van der Waals surface area contributed by atoms with Gasteiger partial charge < -0.3 is 4.74 Å². The van der Waals surface area contributed by atoms with Crippen LogP contribution in [0, 0.1) is 11.8 Å². The van der Waals surface area contributed by atoms with E-state index in [-0.39, 0.29) is 23.8 Å². The molecule has 3 heteroatoms. The van der Waals surface area contributed by atoms with Crippen molar-refractivity contribution in [2.24, 2.45) is 11.8 Å². The van der Waals surface area contributed by atoms with Crippen molar-refractivity contribution >= 4 is 11.9 Å². The maximum Gasteiger partial charge on any atom is 0.321 e. The van der Waals surface area contributed by atoms with Gasteiger partial charge in [0.25, 0.3) is 0 Å². The average molecular weight is 152 g/mol. The number of esters is 2. The number of ether oxygens (including phenoxy) is 1. The van der Waals surface area contributed by atoms with E-state index in [9.17, 15) is 9.59 Å². The fraction of sp³-hybridized carbons (Fsp3) is 0.500. The molecule has 2 atom stereocenters. The summed E-state index contributed by atoms with van der Waals surface area (Å²) in [6.07, 6.45) is 5.34. The SMILES string of the molecule is O=C1OC(=O)[C@@H]2CCC=C[C@@H]12. The van der Waals surface area contributed by atoms with Gasteiger partial charge in [-0.05, 0) is 12.8 Å². The van der Waals surface area contributed by atoms with E-state index in [4.69, 9.17) is 0 Å². The molecule has 2 aliphatic rings. The minimum absolute atomic E-state index is 0.188. The third-order valence-corrected chi connectivity index (χ3v) is 2.20. The highest BCUT2D eigenvalue weighted by Gasteiger charge is 2.43. The zero-order valence-electron chi connectivity index (χ0n) is 5.95. The summed E-state index contributed by atoms with van der Waals surface area (Å²) in [5, 5.41) is 0. The predicted octanol–water partition coefficient (Wildman–Crippen LogP) is 0.652. The number of fused-ring (bicyclic) bond motifs is 1. The number of carbonyl (C=O) groups is 2. The van der Waals surface area contributed by atoms with Gasteiger partial charge in [0.1, 0.15) is 0 Å². The first kappa shape index (κ1) is 6.58. The lowest BCUT2D eigenvalue weighted by Crippen LogP contribution is -2.17. The van der Waals surface area contributed by atoms with Gasteiger partial charge in [0.05, 0.1) is 11.8 Å². The number of allylic oxidation sites excluding steroid dienone is 1. The van der Waals surface area contributed by atoms with Gasteiger partial charge in [-0.25, -0.2) is 0 Å². The number of carbonyl (C=O) groups excluding carboxylic acids is 2. The molecule has 0 aromatic carbocycles. The molecule has 0 unspecified atom stereocenters. The first-order chi connectivity index (χ1) is 5.29. The zero-order chi connectivity index (χ0) is 7.84. The molecule has 2 rings (SSSR count). The maximum atomic E-state index is 10.9. The number of hydrogen-bond acceptors (Lipinski definition) is 3. The highest BCUT2D eigenvalue weighted by molar-refractivity contribution is 5.97. The highest BCUT2D eigenvalue weighted by atomic mass is 16.6. The van der Waals surface area contributed by atoms with Crippen LogP contribution in [-0.2, 0) is 14.3 Å². The topological polar surface area (TPSA) is 43.4 Å². The lowest BCUT2D eigenvalue weighted by atomic mass is 9.86. The van der Waals surface area contributed by atoms with Crippen molar-refractivity contribution in [2.75, 3.05) is 0 Å². The second-order valence-corrected chi connectivity index (χ2v) is 2.88. The van der Waals surface area contributed by atoms with Crippen LogP contribution in [0.2, 0.25) is 0 Å². The third-order valence-electron chi connectivity index (χ3n) is 2.20. The monoisotopic (exact) mass is 152 g/mol. The summed E-state index contributed by atoms with van der Waals surface area (Å²) in [6.45, 7) is 0. The second-order valence-electron chi connectivity index (χ2n) is 2.88.